The molecule has 0 radical (unpaired) electrons. The number of anilines is 1. The number of carbonyl (C=O) groups excluding carboxylic acids is 1. The fourth-order valence-electron chi connectivity index (χ4n) is 1.80. The summed E-state index contributed by atoms with van der Waals surface area (Å²) in [6, 6.07) is 3.44. The summed E-state index contributed by atoms with van der Waals surface area (Å²) in [6.45, 7) is 2.75. The smallest absolute Gasteiger partial charge is 0.227 e. The summed E-state index contributed by atoms with van der Waals surface area (Å²) in [4.78, 5) is 15.9. The molecule has 1 amide bonds. The SMILES string of the molecule is Cc1ccc(O)c(NC(=O)CC2CSCCN2)n1. The normalized spacial score (nSPS) is 19.5. The molecule has 1 saturated heterocycles. The van der Waals surface area contributed by atoms with Crippen molar-refractivity contribution in [2.75, 3.05) is 23.4 Å². The van der Waals surface area contributed by atoms with Gasteiger partial charge in [0.2, 0.25) is 5.91 Å². The van der Waals surface area contributed by atoms with E-state index in [0.717, 1.165) is 23.7 Å². The molecule has 1 aliphatic heterocycles. The van der Waals surface area contributed by atoms with Gasteiger partial charge in [0.15, 0.2) is 11.6 Å². The van der Waals surface area contributed by atoms with Crippen LogP contribution in [0.15, 0.2) is 12.1 Å². The molecule has 1 aliphatic rings. The Labute approximate surface area is 110 Å². The first-order valence-electron chi connectivity index (χ1n) is 5.93. The number of hydrogen-bond acceptors (Lipinski definition) is 5. The zero-order valence-corrected chi connectivity index (χ0v) is 11.1. The molecule has 1 aromatic heterocycles. The average molecular weight is 267 g/mol. The summed E-state index contributed by atoms with van der Waals surface area (Å²) >= 11 is 1.85. The van der Waals surface area contributed by atoms with Gasteiger partial charge in [-0.25, -0.2) is 4.98 Å². The van der Waals surface area contributed by atoms with E-state index in [1.807, 2.05) is 18.7 Å². The monoisotopic (exact) mass is 267 g/mol. The van der Waals surface area contributed by atoms with E-state index in [4.69, 9.17) is 0 Å². The zero-order valence-electron chi connectivity index (χ0n) is 10.3. The number of amides is 1. The average Bonchev–Trinajstić information content (AvgIpc) is 2.35. The number of pyridine rings is 1. The van der Waals surface area contributed by atoms with Gasteiger partial charge in [0.1, 0.15) is 0 Å². The molecule has 0 spiro atoms. The number of aromatic hydroxyl groups is 1. The van der Waals surface area contributed by atoms with Crippen molar-refractivity contribution in [2.45, 2.75) is 19.4 Å². The number of hydrogen-bond donors (Lipinski definition) is 3. The molecule has 1 unspecified atom stereocenters. The number of thioether (sulfide) groups is 1. The maximum Gasteiger partial charge on any atom is 0.227 e. The Morgan fingerprint density at radius 1 is 1.67 bits per heavy atom. The Hall–Kier alpha value is -1.27. The van der Waals surface area contributed by atoms with Crippen LogP contribution < -0.4 is 10.6 Å². The molecule has 5 nitrogen and oxygen atoms in total. The Morgan fingerprint density at radius 3 is 3.22 bits per heavy atom. The highest BCUT2D eigenvalue weighted by Crippen LogP contribution is 2.20. The predicted octanol–water partition coefficient (Wildman–Crippen LogP) is 1.13. The van der Waals surface area contributed by atoms with Crippen LogP contribution in [0.5, 0.6) is 5.75 Å². The molecule has 2 heterocycles. The minimum atomic E-state index is -0.122. The lowest BCUT2D eigenvalue weighted by Gasteiger charge is -2.22. The third kappa shape index (κ3) is 3.61. The van der Waals surface area contributed by atoms with Crippen molar-refractivity contribution >= 4 is 23.5 Å². The van der Waals surface area contributed by atoms with Crippen molar-refractivity contribution in [3.63, 3.8) is 0 Å². The third-order valence-electron chi connectivity index (χ3n) is 2.70. The van der Waals surface area contributed by atoms with E-state index in [2.05, 4.69) is 15.6 Å². The highest BCUT2D eigenvalue weighted by molar-refractivity contribution is 7.99. The highest BCUT2D eigenvalue weighted by atomic mass is 32.2. The molecule has 2 rings (SSSR count). The quantitative estimate of drug-likeness (QED) is 0.765. The summed E-state index contributed by atoms with van der Waals surface area (Å²) in [5, 5.41) is 15.5. The molecule has 1 atom stereocenters. The Balaban J connectivity index is 1.92. The van der Waals surface area contributed by atoms with E-state index in [0.29, 0.717) is 6.42 Å². The van der Waals surface area contributed by atoms with E-state index in [-0.39, 0.29) is 23.5 Å². The molecule has 0 bridgehead atoms. The van der Waals surface area contributed by atoms with Crippen molar-refractivity contribution < 1.29 is 9.90 Å². The molecular formula is C12H17N3O2S. The minimum Gasteiger partial charge on any atom is -0.504 e. The first-order chi connectivity index (χ1) is 8.65. The Morgan fingerprint density at radius 2 is 2.50 bits per heavy atom. The molecule has 0 saturated carbocycles. The van der Waals surface area contributed by atoms with Crippen LogP contribution in [-0.4, -0.2) is 40.1 Å². The predicted molar refractivity (Wildman–Crippen MR) is 73.0 cm³/mol. The molecule has 6 heteroatoms. The summed E-state index contributed by atoms with van der Waals surface area (Å²) < 4.78 is 0. The fourth-order valence-corrected chi connectivity index (χ4v) is 2.75. The van der Waals surface area contributed by atoms with Crippen LogP contribution in [0.1, 0.15) is 12.1 Å². The lowest BCUT2D eigenvalue weighted by Crippen LogP contribution is -2.40. The number of aromatic nitrogens is 1. The molecule has 98 valence electrons. The van der Waals surface area contributed by atoms with Crippen LogP contribution in [0.25, 0.3) is 0 Å². The van der Waals surface area contributed by atoms with E-state index in [9.17, 15) is 9.90 Å². The fraction of sp³-hybridized carbons (Fsp3) is 0.500. The van der Waals surface area contributed by atoms with Crippen LogP contribution in [0.2, 0.25) is 0 Å². The van der Waals surface area contributed by atoms with Crippen molar-refractivity contribution in [1.29, 1.82) is 0 Å². The van der Waals surface area contributed by atoms with E-state index in [1.165, 1.54) is 6.07 Å². The minimum absolute atomic E-state index is 0.0000663. The first-order valence-corrected chi connectivity index (χ1v) is 7.08. The Bertz CT molecular complexity index is 433. The molecule has 3 N–H and O–H groups in total. The van der Waals surface area contributed by atoms with Gasteiger partial charge in [-0.2, -0.15) is 11.8 Å². The summed E-state index contributed by atoms with van der Waals surface area (Å²) in [6.07, 6.45) is 0.405. The summed E-state index contributed by atoms with van der Waals surface area (Å²) in [7, 11) is 0. The maximum atomic E-state index is 11.8. The van der Waals surface area contributed by atoms with E-state index in [1.54, 1.807) is 6.07 Å². The van der Waals surface area contributed by atoms with Gasteiger partial charge in [0.25, 0.3) is 0 Å². The lowest BCUT2D eigenvalue weighted by atomic mass is 10.2. The second kappa shape index (κ2) is 6.06. The summed E-state index contributed by atoms with van der Waals surface area (Å²) in [5.41, 5.74) is 0.759. The van der Waals surface area contributed by atoms with Gasteiger partial charge in [-0.05, 0) is 19.1 Å². The number of aryl methyl sites for hydroxylation is 1. The van der Waals surface area contributed by atoms with Crippen molar-refractivity contribution in [1.82, 2.24) is 10.3 Å². The van der Waals surface area contributed by atoms with Crippen molar-refractivity contribution in [3.8, 4) is 5.75 Å². The number of rotatable bonds is 3. The van der Waals surface area contributed by atoms with Gasteiger partial charge >= 0.3 is 0 Å². The number of nitrogens with zero attached hydrogens (tertiary/aromatic N) is 1. The molecule has 1 aromatic rings. The molecule has 18 heavy (non-hydrogen) atoms. The Kier molecular flexibility index (Phi) is 4.43. The van der Waals surface area contributed by atoms with Crippen LogP contribution in [0, 0.1) is 6.92 Å². The van der Waals surface area contributed by atoms with Crippen molar-refractivity contribution in [2.24, 2.45) is 0 Å². The molecule has 0 aromatic carbocycles. The topological polar surface area (TPSA) is 74.2 Å². The largest absolute Gasteiger partial charge is 0.504 e. The van der Waals surface area contributed by atoms with Crippen LogP contribution in [0.4, 0.5) is 5.82 Å². The molecule has 1 fully saturated rings. The molecular weight excluding hydrogens is 250 g/mol. The van der Waals surface area contributed by atoms with Gasteiger partial charge in [0, 0.05) is 36.2 Å². The third-order valence-corrected chi connectivity index (χ3v) is 3.83. The maximum absolute atomic E-state index is 11.8. The van der Waals surface area contributed by atoms with Gasteiger partial charge in [-0.1, -0.05) is 0 Å². The second-order valence-electron chi connectivity index (χ2n) is 4.30. The number of carbonyl (C=O) groups is 1. The standard InChI is InChI=1S/C12H17N3O2S/c1-8-2-3-10(16)12(14-8)15-11(17)6-9-7-18-5-4-13-9/h2-3,9,13,16H,4-7H2,1H3,(H,14,15,17). The zero-order chi connectivity index (χ0) is 13.0. The second-order valence-corrected chi connectivity index (χ2v) is 5.45. The van der Waals surface area contributed by atoms with Crippen LogP contribution >= 0.6 is 11.8 Å². The van der Waals surface area contributed by atoms with Gasteiger partial charge in [-0.15, -0.1) is 0 Å². The van der Waals surface area contributed by atoms with Gasteiger partial charge in [-0.3, -0.25) is 4.79 Å². The van der Waals surface area contributed by atoms with Crippen LogP contribution in [0.3, 0.4) is 0 Å². The lowest BCUT2D eigenvalue weighted by molar-refractivity contribution is -0.116. The van der Waals surface area contributed by atoms with Gasteiger partial charge < -0.3 is 15.7 Å². The van der Waals surface area contributed by atoms with Crippen LogP contribution in [-0.2, 0) is 4.79 Å². The first kappa shape index (κ1) is 13.2. The van der Waals surface area contributed by atoms with E-state index >= 15 is 0 Å². The summed E-state index contributed by atoms with van der Waals surface area (Å²) in [5.74, 6) is 2.16. The number of nitrogens with one attached hydrogen (secondary N) is 2. The van der Waals surface area contributed by atoms with Gasteiger partial charge in [0.05, 0.1) is 0 Å². The van der Waals surface area contributed by atoms with E-state index < -0.39 is 0 Å². The molecule has 0 aliphatic carbocycles. The highest BCUT2D eigenvalue weighted by Gasteiger charge is 2.17. The van der Waals surface area contributed by atoms with Crippen molar-refractivity contribution in [3.05, 3.63) is 17.8 Å².